The van der Waals surface area contributed by atoms with Crippen molar-refractivity contribution in [1.82, 2.24) is 5.32 Å². The molecule has 0 bridgehead atoms. The molecule has 2 aliphatic rings. The Bertz CT molecular complexity index is 1230. The molecular formula is C22H21FN2O5S. The molecule has 4 rings (SSSR count). The molecule has 31 heavy (non-hydrogen) atoms. The molecule has 1 aliphatic carbocycles. The SMILES string of the molecule is CCNC/C=C\c1cc(F)ccc1S(=O)(=O)Nc1ccc2c(c1C(=O)O)OCC1=C2C1. The molecular weight excluding hydrogens is 423 g/mol. The third-order valence-electron chi connectivity index (χ3n) is 5.09. The number of likely N-dealkylation sites (N-methyl/N-ethyl adjacent to an activating group) is 1. The van der Waals surface area contributed by atoms with Crippen LogP contribution in [-0.2, 0) is 10.0 Å². The zero-order chi connectivity index (χ0) is 22.2. The highest BCUT2D eigenvalue weighted by Gasteiger charge is 2.35. The maximum absolute atomic E-state index is 13.8. The van der Waals surface area contributed by atoms with Crippen LogP contribution >= 0.6 is 0 Å². The summed E-state index contributed by atoms with van der Waals surface area (Å²) in [5.74, 6) is -1.72. The van der Waals surface area contributed by atoms with Gasteiger partial charge in [0.2, 0.25) is 0 Å². The van der Waals surface area contributed by atoms with Gasteiger partial charge in [0.25, 0.3) is 10.0 Å². The van der Waals surface area contributed by atoms with Gasteiger partial charge in [-0.05, 0) is 60.0 Å². The molecule has 0 radical (unpaired) electrons. The van der Waals surface area contributed by atoms with Gasteiger partial charge in [0.1, 0.15) is 23.7 Å². The summed E-state index contributed by atoms with van der Waals surface area (Å²) in [6.07, 6.45) is 3.97. The molecule has 0 atom stereocenters. The third kappa shape index (κ3) is 4.19. The first kappa shape index (κ1) is 21.1. The third-order valence-corrected chi connectivity index (χ3v) is 6.53. The van der Waals surface area contributed by atoms with Crippen LogP contribution < -0.4 is 14.8 Å². The number of carboxylic acid groups (broad SMARTS) is 1. The Balaban J connectivity index is 1.71. The van der Waals surface area contributed by atoms with Crippen LogP contribution in [0.2, 0.25) is 0 Å². The van der Waals surface area contributed by atoms with Crippen LogP contribution in [0, 0.1) is 5.82 Å². The average molecular weight is 444 g/mol. The standard InChI is InChI=1S/C22H21FN2O5S/c1-2-24-9-3-4-13-10-15(23)5-8-19(13)31(28,29)25-18-7-6-16-17-11-14(17)12-30-21(16)20(18)22(26)27/h3-8,10,24-25H,2,9,11-12H2,1H3,(H,26,27)/b4-3-. The van der Waals surface area contributed by atoms with E-state index in [1.54, 1.807) is 12.1 Å². The van der Waals surface area contributed by atoms with Gasteiger partial charge >= 0.3 is 5.97 Å². The first-order valence-electron chi connectivity index (χ1n) is 9.75. The molecule has 9 heteroatoms. The van der Waals surface area contributed by atoms with E-state index in [1.807, 2.05) is 6.92 Å². The summed E-state index contributed by atoms with van der Waals surface area (Å²) >= 11 is 0. The molecule has 1 heterocycles. The van der Waals surface area contributed by atoms with Crippen molar-refractivity contribution >= 4 is 33.3 Å². The van der Waals surface area contributed by atoms with Crippen molar-refractivity contribution in [2.45, 2.75) is 18.2 Å². The van der Waals surface area contributed by atoms with E-state index in [4.69, 9.17) is 4.74 Å². The number of ether oxygens (including phenoxy) is 1. The fourth-order valence-electron chi connectivity index (χ4n) is 3.53. The fraction of sp³-hybridized carbons (Fsp3) is 0.227. The minimum absolute atomic E-state index is 0.108. The van der Waals surface area contributed by atoms with Crippen LogP contribution in [0.5, 0.6) is 5.75 Å². The quantitative estimate of drug-likeness (QED) is 0.539. The van der Waals surface area contributed by atoms with E-state index in [9.17, 15) is 22.7 Å². The number of hydrogen-bond donors (Lipinski definition) is 3. The van der Waals surface area contributed by atoms with Gasteiger partial charge in [-0.3, -0.25) is 4.72 Å². The second-order valence-corrected chi connectivity index (χ2v) is 8.87. The highest BCUT2D eigenvalue weighted by Crippen LogP contribution is 2.50. The molecule has 162 valence electrons. The topological polar surface area (TPSA) is 105 Å². The summed E-state index contributed by atoms with van der Waals surface area (Å²) in [5, 5.41) is 12.8. The van der Waals surface area contributed by atoms with Crippen LogP contribution in [0.25, 0.3) is 11.6 Å². The lowest BCUT2D eigenvalue weighted by atomic mass is 10.0. The van der Waals surface area contributed by atoms with Gasteiger partial charge < -0.3 is 15.2 Å². The van der Waals surface area contributed by atoms with E-state index >= 15 is 0 Å². The maximum atomic E-state index is 13.8. The molecule has 7 nitrogen and oxygen atoms in total. The van der Waals surface area contributed by atoms with Crippen molar-refractivity contribution in [3.63, 3.8) is 0 Å². The molecule has 0 saturated heterocycles. The molecule has 3 N–H and O–H groups in total. The second-order valence-electron chi connectivity index (χ2n) is 7.22. The molecule has 2 aromatic carbocycles. The van der Waals surface area contributed by atoms with E-state index in [1.165, 1.54) is 12.1 Å². The Morgan fingerprint density at radius 2 is 2.10 bits per heavy atom. The zero-order valence-corrected chi connectivity index (χ0v) is 17.6. The van der Waals surface area contributed by atoms with Crippen molar-refractivity contribution in [3.8, 4) is 5.75 Å². The number of sulfonamides is 1. The second kappa shape index (κ2) is 8.16. The number of halogens is 1. The minimum atomic E-state index is -4.21. The monoisotopic (exact) mass is 444 g/mol. The van der Waals surface area contributed by atoms with E-state index in [0.717, 1.165) is 42.3 Å². The lowest BCUT2D eigenvalue weighted by Gasteiger charge is -2.18. The predicted molar refractivity (Wildman–Crippen MR) is 115 cm³/mol. The molecule has 0 spiro atoms. The summed E-state index contributed by atoms with van der Waals surface area (Å²) in [6.45, 7) is 3.45. The Morgan fingerprint density at radius 1 is 1.29 bits per heavy atom. The van der Waals surface area contributed by atoms with E-state index in [0.29, 0.717) is 18.7 Å². The van der Waals surface area contributed by atoms with Crippen LogP contribution in [0.1, 0.15) is 34.8 Å². The Morgan fingerprint density at radius 3 is 2.84 bits per heavy atom. The fourth-order valence-corrected chi connectivity index (χ4v) is 4.78. The highest BCUT2D eigenvalue weighted by molar-refractivity contribution is 7.92. The summed E-state index contributed by atoms with van der Waals surface area (Å²) in [5.41, 5.74) is 2.65. The lowest BCUT2D eigenvalue weighted by Crippen LogP contribution is -2.18. The predicted octanol–water partition coefficient (Wildman–Crippen LogP) is 3.50. The van der Waals surface area contributed by atoms with Gasteiger partial charge in [-0.1, -0.05) is 19.1 Å². The molecule has 0 unspecified atom stereocenters. The lowest BCUT2D eigenvalue weighted by molar-refractivity contribution is 0.0694. The highest BCUT2D eigenvalue weighted by atomic mass is 32.2. The summed E-state index contributed by atoms with van der Waals surface area (Å²) in [7, 11) is -4.21. The summed E-state index contributed by atoms with van der Waals surface area (Å²) in [4.78, 5) is 11.8. The first-order valence-corrected chi connectivity index (χ1v) is 11.2. The minimum Gasteiger partial charge on any atom is -0.488 e. The van der Waals surface area contributed by atoms with Gasteiger partial charge in [-0.15, -0.1) is 0 Å². The van der Waals surface area contributed by atoms with Crippen LogP contribution in [0.15, 0.2) is 46.9 Å². The van der Waals surface area contributed by atoms with Crippen LogP contribution in [0.3, 0.4) is 0 Å². The Hall–Kier alpha value is -3.17. The number of aromatic carboxylic acids is 1. The van der Waals surface area contributed by atoms with Gasteiger partial charge in [0.15, 0.2) is 0 Å². The number of nitrogens with one attached hydrogen (secondary N) is 2. The molecule has 2 aromatic rings. The smallest absolute Gasteiger partial charge is 0.341 e. The molecule has 0 amide bonds. The number of allylic oxidation sites excluding steroid dienone is 1. The largest absolute Gasteiger partial charge is 0.488 e. The molecule has 0 aromatic heterocycles. The molecule has 0 fully saturated rings. The van der Waals surface area contributed by atoms with Gasteiger partial charge in [0, 0.05) is 12.1 Å². The van der Waals surface area contributed by atoms with Gasteiger partial charge in [-0.25, -0.2) is 17.6 Å². The maximum Gasteiger partial charge on any atom is 0.341 e. The summed E-state index contributed by atoms with van der Waals surface area (Å²) in [6, 6.07) is 6.39. The molecule has 0 saturated carbocycles. The number of carboxylic acids is 1. The number of hydrogen-bond acceptors (Lipinski definition) is 5. The number of carbonyl (C=O) groups is 1. The van der Waals surface area contributed by atoms with E-state index in [2.05, 4.69) is 10.0 Å². The number of rotatable bonds is 8. The zero-order valence-electron chi connectivity index (χ0n) is 16.7. The van der Waals surface area contributed by atoms with Crippen molar-refractivity contribution in [2.24, 2.45) is 0 Å². The van der Waals surface area contributed by atoms with Crippen molar-refractivity contribution in [2.75, 3.05) is 24.4 Å². The van der Waals surface area contributed by atoms with Crippen molar-refractivity contribution in [1.29, 1.82) is 0 Å². The van der Waals surface area contributed by atoms with Crippen LogP contribution in [0.4, 0.5) is 10.1 Å². The Kier molecular flexibility index (Phi) is 5.55. The number of benzene rings is 2. The Labute approximate surface area is 179 Å². The normalized spacial score (nSPS) is 14.8. The van der Waals surface area contributed by atoms with E-state index in [-0.39, 0.29) is 27.5 Å². The van der Waals surface area contributed by atoms with Crippen molar-refractivity contribution < 1.29 is 27.4 Å². The average Bonchev–Trinajstić information content (AvgIpc) is 3.50. The van der Waals surface area contributed by atoms with Crippen LogP contribution in [-0.4, -0.2) is 39.2 Å². The van der Waals surface area contributed by atoms with Gasteiger partial charge in [-0.2, -0.15) is 0 Å². The van der Waals surface area contributed by atoms with Crippen molar-refractivity contribution in [3.05, 3.63) is 64.5 Å². The molecule has 1 aliphatic heterocycles. The summed E-state index contributed by atoms with van der Waals surface area (Å²) < 4.78 is 48.0. The first-order chi connectivity index (χ1) is 14.8. The number of anilines is 1. The van der Waals surface area contributed by atoms with Gasteiger partial charge in [0.05, 0.1) is 10.6 Å². The van der Waals surface area contributed by atoms with E-state index < -0.39 is 21.8 Å². The number of fused-ring (bicyclic) bond motifs is 2.